The van der Waals surface area contributed by atoms with E-state index in [0.717, 1.165) is 103 Å². The lowest BCUT2D eigenvalue weighted by atomic mass is 10.0. The van der Waals surface area contributed by atoms with Crippen LogP contribution < -0.4 is 5.32 Å². The van der Waals surface area contributed by atoms with Gasteiger partial charge in [-0.05, 0) is 83.5 Å². The molecule has 0 aliphatic heterocycles. The molecule has 0 heterocycles. The van der Waals surface area contributed by atoms with E-state index in [1.807, 2.05) is 21.1 Å². The van der Waals surface area contributed by atoms with Crippen LogP contribution in [0.2, 0.25) is 0 Å². The number of rotatable bonds is 53. The molecule has 0 fully saturated rings. The van der Waals surface area contributed by atoms with E-state index in [4.69, 9.17) is 9.05 Å². The van der Waals surface area contributed by atoms with Gasteiger partial charge in [0.2, 0.25) is 5.91 Å². The maximum absolute atomic E-state index is 13.0. The van der Waals surface area contributed by atoms with Crippen molar-refractivity contribution in [2.24, 2.45) is 0 Å². The maximum Gasteiger partial charge on any atom is 0.472 e. The molecule has 0 bridgehead atoms. The van der Waals surface area contributed by atoms with Gasteiger partial charge in [-0.25, -0.2) is 4.57 Å². The number of hydrogen-bond acceptors (Lipinski definition) is 5. The fourth-order valence-corrected chi connectivity index (χ4v) is 8.89. The Morgan fingerprint density at radius 1 is 0.479 bits per heavy atom. The Kier molecular flexibility index (Phi) is 51.9. The smallest absolute Gasteiger partial charge is 0.391 e. The highest BCUT2D eigenvalue weighted by atomic mass is 31.2. The predicted molar refractivity (Wildman–Crippen MR) is 318 cm³/mol. The van der Waals surface area contributed by atoms with Crippen LogP contribution in [0.1, 0.15) is 239 Å². The third-order valence-corrected chi connectivity index (χ3v) is 13.8. The molecule has 0 spiro atoms. The fourth-order valence-electron chi connectivity index (χ4n) is 8.16. The zero-order valence-electron chi connectivity index (χ0n) is 47.8. The Morgan fingerprint density at radius 2 is 0.822 bits per heavy atom. The van der Waals surface area contributed by atoms with Crippen molar-refractivity contribution in [2.75, 3.05) is 40.9 Å². The number of unbranched alkanes of at least 4 members (excludes halogenated alkanes) is 22. The van der Waals surface area contributed by atoms with Crippen LogP contribution in [0.25, 0.3) is 0 Å². The Bertz CT molecular complexity index is 1550. The minimum Gasteiger partial charge on any atom is -0.391 e. The average molecular weight is 1040 g/mol. The van der Waals surface area contributed by atoms with Gasteiger partial charge in [-0.15, -0.1) is 0 Å². The molecule has 73 heavy (non-hydrogen) atoms. The molecule has 0 saturated carbocycles. The number of phosphoric acid groups is 1. The molecule has 0 aromatic heterocycles. The SMILES string of the molecule is CC/C=C\C/C=C\C/C=C\C/C=C\C/C=C\C/C=C\C/C=C\C/C=C\C/C=C\CCCCCCCCCCCC(=O)NC(COP(=O)(O)OCC[N+](C)(C)C)C(O)CCCCCCCCCCCCCCCC. The summed E-state index contributed by atoms with van der Waals surface area (Å²) in [7, 11) is 1.60. The van der Waals surface area contributed by atoms with E-state index in [0.29, 0.717) is 23.9 Å². The second-order valence-electron chi connectivity index (χ2n) is 21.0. The normalized spacial score (nSPS) is 14.7. The maximum atomic E-state index is 13.0. The first kappa shape index (κ1) is 70.2. The summed E-state index contributed by atoms with van der Waals surface area (Å²) < 4.78 is 23.7. The molecule has 9 heteroatoms. The highest BCUT2D eigenvalue weighted by molar-refractivity contribution is 7.47. The largest absolute Gasteiger partial charge is 0.472 e. The zero-order valence-corrected chi connectivity index (χ0v) is 48.7. The van der Waals surface area contributed by atoms with Gasteiger partial charge in [-0.1, -0.05) is 258 Å². The van der Waals surface area contributed by atoms with Crippen molar-refractivity contribution in [1.82, 2.24) is 5.32 Å². The van der Waals surface area contributed by atoms with Crippen LogP contribution in [-0.4, -0.2) is 73.4 Å². The van der Waals surface area contributed by atoms with E-state index in [9.17, 15) is 19.4 Å². The average Bonchev–Trinajstić information content (AvgIpc) is 3.35. The number of aliphatic hydroxyl groups is 1. The number of likely N-dealkylation sites (N-methyl/N-ethyl adjacent to an activating group) is 1. The molecule has 0 aromatic rings. The predicted octanol–water partition coefficient (Wildman–Crippen LogP) is 18.4. The van der Waals surface area contributed by atoms with Gasteiger partial charge in [0.25, 0.3) is 0 Å². The molecule has 3 unspecified atom stereocenters. The highest BCUT2D eigenvalue weighted by Crippen LogP contribution is 2.43. The number of amides is 1. The lowest BCUT2D eigenvalue weighted by molar-refractivity contribution is -0.870. The van der Waals surface area contributed by atoms with E-state index in [1.165, 1.54) is 109 Å². The number of aliphatic hydroxyl groups excluding tert-OH is 1. The van der Waals surface area contributed by atoms with E-state index >= 15 is 0 Å². The van der Waals surface area contributed by atoms with Crippen molar-refractivity contribution in [2.45, 2.75) is 251 Å². The molecule has 0 aromatic carbocycles. The van der Waals surface area contributed by atoms with Crippen LogP contribution in [0.4, 0.5) is 0 Å². The second kappa shape index (κ2) is 54.0. The summed E-state index contributed by atoms with van der Waals surface area (Å²) in [4.78, 5) is 23.3. The fraction of sp³-hybridized carbons (Fsp3) is 0.703. The van der Waals surface area contributed by atoms with Gasteiger partial charge < -0.3 is 19.8 Å². The zero-order chi connectivity index (χ0) is 53.5. The lowest BCUT2D eigenvalue weighted by Gasteiger charge is -2.26. The molecule has 3 N–H and O–H groups in total. The molecule has 0 saturated heterocycles. The Hall–Kier alpha value is -2.84. The van der Waals surface area contributed by atoms with Gasteiger partial charge in [0.05, 0.1) is 39.9 Å². The summed E-state index contributed by atoms with van der Waals surface area (Å²) in [5, 5.41) is 14.0. The quantitative estimate of drug-likeness (QED) is 0.0243. The molecule has 0 radical (unpaired) electrons. The Labute approximate surface area is 451 Å². The molecule has 0 aliphatic rings. The molecule has 3 atom stereocenters. The number of hydrogen-bond donors (Lipinski definition) is 3. The molecule has 1 amide bonds. The van der Waals surface area contributed by atoms with Crippen LogP contribution >= 0.6 is 7.82 Å². The highest BCUT2D eigenvalue weighted by Gasteiger charge is 2.28. The summed E-state index contributed by atoms with van der Waals surface area (Å²) in [6.45, 7) is 4.76. The third-order valence-electron chi connectivity index (χ3n) is 12.8. The Balaban J connectivity index is 4.11. The Morgan fingerprint density at radius 3 is 1.21 bits per heavy atom. The van der Waals surface area contributed by atoms with E-state index in [-0.39, 0.29) is 19.1 Å². The van der Waals surface area contributed by atoms with Crippen LogP contribution in [0.3, 0.4) is 0 Å². The van der Waals surface area contributed by atoms with Crippen LogP contribution in [-0.2, 0) is 18.4 Å². The first-order valence-electron chi connectivity index (χ1n) is 29.8. The molecular weight excluding hydrogens is 924 g/mol. The first-order valence-corrected chi connectivity index (χ1v) is 31.2. The number of nitrogens with zero attached hydrogens (tertiary/aromatic N) is 1. The molecule has 420 valence electrons. The van der Waals surface area contributed by atoms with Gasteiger partial charge in [0.15, 0.2) is 0 Å². The standard InChI is InChI=1S/C64H113N2O6P/c1-6-8-10-12-14-16-18-20-22-23-24-25-26-27-28-29-30-31-32-33-34-35-36-37-38-39-40-41-42-43-44-46-48-50-52-54-56-58-64(68)65-62(61-72-73(69,70)71-60-59-66(3,4)5)63(67)57-55-53-51-49-47-45-21-19-17-15-13-11-9-7-2/h8,10,14,16,20,22,24-25,27-28,30-31,33-34,36-37,39-40,62-63,67H,6-7,9,11-13,15,17-19,21,23,26,29,32,35,38,41-61H2,1-5H3,(H-,65,68,69,70)/p+1/b10-8-,16-14-,22-20-,25-24-,28-27-,31-30-,34-33-,37-36-,40-39-. The van der Waals surface area contributed by atoms with Crippen molar-refractivity contribution >= 4 is 13.7 Å². The number of quaternary nitrogens is 1. The molecule has 0 rings (SSSR count). The monoisotopic (exact) mass is 1040 g/mol. The topological polar surface area (TPSA) is 105 Å². The van der Waals surface area contributed by atoms with Crippen LogP contribution in [0.15, 0.2) is 109 Å². The first-order chi connectivity index (χ1) is 35.5. The summed E-state index contributed by atoms with van der Waals surface area (Å²) in [5.74, 6) is -0.155. The van der Waals surface area contributed by atoms with Gasteiger partial charge in [-0.3, -0.25) is 13.8 Å². The van der Waals surface area contributed by atoms with E-state index < -0.39 is 20.0 Å². The van der Waals surface area contributed by atoms with E-state index in [1.54, 1.807) is 0 Å². The third kappa shape index (κ3) is 56.7. The van der Waals surface area contributed by atoms with E-state index in [2.05, 4.69) is 129 Å². The van der Waals surface area contributed by atoms with Gasteiger partial charge in [0.1, 0.15) is 13.2 Å². The van der Waals surface area contributed by atoms with Crippen molar-refractivity contribution < 1.29 is 32.9 Å². The second-order valence-corrected chi connectivity index (χ2v) is 22.4. The van der Waals surface area contributed by atoms with Gasteiger partial charge in [-0.2, -0.15) is 0 Å². The van der Waals surface area contributed by atoms with Gasteiger partial charge >= 0.3 is 7.82 Å². The van der Waals surface area contributed by atoms with Crippen molar-refractivity contribution in [3.8, 4) is 0 Å². The van der Waals surface area contributed by atoms with Gasteiger partial charge in [0, 0.05) is 6.42 Å². The van der Waals surface area contributed by atoms with Crippen LogP contribution in [0.5, 0.6) is 0 Å². The summed E-state index contributed by atoms with van der Waals surface area (Å²) in [6.07, 6.45) is 78.6. The number of carbonyl (C=O) groups is 1. The van der Waals surface area contributed by atoms with Crippen LogP contribution in [0, 0.1) is 0 Å². The number of nitrogens with one attached hydrogen (secondary N) is 1. The molecule has 0 aliphatic carbocycles. The summed E-state index contributed by atoms with van der Waals surface area (Å²) in [5.41, 5.74) is 0. The number of allylic oxidation sites excluding steroid dienone is 18. The minimum absolute atomic E-state index is 0.0688. The minimum atomic E-state index is -4.33. The van der Waals surface area contributed by atoms with Crippen molar-refractivity contribution in [3.05, 3.63) is 109 Å². The number of carbonyl (C=O) groups excluding carboxylic acids is 1. The summed E-state index contributed by atoms with van der Waals surface area (Å²) in [6, 6.07) is -0.770. The molecule has 8 nitrogen and oxygen atoms in total. The lowest BCUT2D eigenvalue weighted by Crippen LogP contribution is -2.46. The molecular formula is C64H114N2O6P+. The summed E-state index contributed by atoms with van der Waals surface area (Å²) >= 11 is 0. The van der Waals surface area contributed by atoms with Crippen molar-refractivity contribution in [1.29, 1.82) is 0 Å². The van der Waals surface area contributed by atoms with Crippen molar-refractivity contribution in [3.63, 3.8) is 0 Å². The number of phosphoric ester groups is 1.